The third kappa shape index (κ3) is 5.61. The first-order valence-corrected chi connectivity index (χ1v) is 11.2. The fourth-order valence-corrected chi connectivity index (χ4v) is 3.95. The summed E-state index contributed by atoms with van der Waals surface area (Å²) in [5.74, 6) is 0.528. The van der Waals surface area contributed by atoms with Gasteiger partial charge in [-0.1, -0.05) is 38.4 Å². The molecule has 1 aliphatic heterocycles. The maximum absolute atomic E-state index is 12.8. The van der Waals surface area contributed by atoms with Crippen molar-refractivity contribution in [3.05, 3.63) is 63.9 Å². The van der Waals surface area contributed by atoms with Crippen molar-refractivity contribution in [1.29, 1.82) is 0 Å². The highest BCUT2D eigenvalue weighted by atomic mass is 35.5. The number of aliphatic hydroxyl groups is 1. The summed E-state index contributed by atoms with van der Waals surface area (Å²) in [7, 11) is 1.71. The van der Waals surface area contributed by atoms with E-state index in [1.807, 2.05) is 25.1 Å². The van der Waals surface area contributed by atoms with Crippen LogP contribution in [-0.4, -0.2) is 58.7 Å². The van der Waals surface area contributed by atoms with E-state index in [9.17, 15) is 9.90 Å². The van der Waals surface area contributed by atoms with E-state index in [0.717, 1.165) is 16.8 Å². The fraction of sp³-hybridized carbons (Fsp3) is 0.440. The van der Waals surface area contributed by atoms with Crippen molar-refractivity contribution < 1.29 is 9.90 Å². The second-order valence-corrected chi connectivity index (χ2v) is 9.55. The normalized spacial score (nSPS) is 16.4. The first kappa shape index (κ1) is 24.1. The molecule has 0 saturated carbocycles. The number of aliphatic hydroxyl groups excluding tert-OH is 1. The van der Waals surface area contributed by atoms with Crippen molar-refractivity contribution in [2.45, 2.75) is 52.1 Å². The molecule has 2 heterocycles. The maximum Gasteiger partial charge on any atom is 0.253 e. The Morgan fingerprint density at radius 3 is 2.44 bits per heavy atom. The number of piperidine rings is 1. The highest BCUT2D eigenvalue weighted by molar-refractivity contribution is 6.35. The Balaban J connectivity index is 1.84. The van der Waals surface area contributed by atoms with E-state index in [4.69, 9.17) is 16.6 Å². The minimum Gasteiger partial charge on any atom is -0.393 e. The van der Waals surface area contributed by atoms with Crippen LogP contribution in [0.3, 0.4) is 0 Å². The van der Waals surface area contributed by atoms with E-state index in [1.54, 1.807) is 30.3 Å². The summed E-state index contributed by atoms with van der Waals surface area (Å²) in [5.41, 5.74) is 3.79. The lowest BCUT2D eigenvalue weighted by Crippen LogP contribution is -2.40. The minimum atomic E-state index is -0.321. The van der Waals surface area contributed by atoms with Gasteiger partial charge in [-0.3, -0.25) is 14.8 Å². The molecule has 1 aromatic carbocycles. The lowest BCUT2D eigenvalue weighted by Gasteiger charge is -2.29. The van der Waals surface area contributed by atoms with E-state index in [1.165, 1.54) is 0 Å². The largest absolute Gasteiger partial charge is 0.393 e. The number of amides is 1. The van der Waals surface area contributed by atoms with Gasteiger partial charge in [0.25, 0.3) is 5.91 Å². The van der Waals surface area contributed by atoms with Gasteiger partial charge in [-0.15, -0.1) is 0 Å². The summed E-state index contributed by atoms with van der Waals surface area (Å²) in [6, 6.07) is 9.20. The monoisotopic (exact) mass is 454 g/mol. The van der Waals surface area contributed by atoms with E-state index in [-0.39, 0.29) is 17.4 Å². The minimum absolute atomic E-state index is 0.0674. The number of aliphatic imine (C=N–C) groups is 2. The molecule has 1 fully saturated rings. The lowest BCUT2D eigenvalue weighted by atomic mass is 9.91. The zero-order chi connectivity index (χ0) is 23.5. The van der Waals surface area contributed by atoms with Crippen molar-refractivity contribution in [3.8, 4) is 0 Å². The quantitative estimate of drug-likeness (QED) is 0.547. The fourth-order valence-electron chi connectivity index (χ4n) is 3.64. The van der Waals surface area contributed by atoms with E-state index >= 15 is 0 Å². The number of pyridine rings is 1. The molecule has 170 valence electrons. The van der Waals surface area contributed by atoms with Crippen LogP contribution in [0.15, 0.2) is 46.5 Å². The number of hydrogen-bond donors (Lipinski definition) is 1. The Bertz CT molecular complexity index is 1050. The zero-order valence-corrected chi connectivity index (χ0v) is 20.1. The molecule has 1 aromatic heterocycles. The first-order chi connectivity index (χ1) is 15.1. The molecule has 0 aliphatic carbocycles. The highest BCUT2D eigenvalue weighted by Crippen LogP contribution is 2.23. The Morgan fingerprint density at radius 1 is 1.16 bits per heavy atom. The molecular weight excluding hydrogens is 424 g/mol. The van der Waals surface area contributed by atoms with Gasteiger partial charge < -0.3 is 10.0 Å². The van der Waals surface area contributed by atoms with Gasteiger partial charge in [0.15, 0.2) is 5.84 Å². The number of halogens is 1. The molecule has 2 aromatic rings. The summed E-state index contributed by atoms with van der Waals surface area (Å²) >= 11 is 6.55. The number of benzene rings is 1. The van der Waals surface area contributed by atoms with Gasteiger partial charge in [-0.05, 0) is 44.0 Å². The molecule has 1 aliphatic rings. The van der Waals surface area contributed by atoms with Crippen LogP contribution in [0.25, 0.3) is 0 Å². The van der Waals surface area contributed by atoms with Crippen molar-refractivity contribution in [2.75, 3.05) is 20.1 Å². The molecular formula is C25H31ClN4O2. The zero-order valence-electron chi connectivity index (χ0n) is 19.4. The van der Waals surface area contributed by atoms with Crippen LogP contribution in [0.2, 0.25) is 5.02 Å². The Kier molecular flexibility index (Phi) is 7.47. The van der Waals surface area contributed by atoms with Gasteiger partial charge in [0.05, 0.1) is 11.1 Å². The first-order valence-electron chi connectivity index (χ1n) is 10.9. The van der Waals surface area contributed by atoms with Crippen molar-refractivity contribution >= 4 is 29.1 Å². The summed E-state index contributed by atoms with van der Waals surface area (Å²) in [4.78, 5) is 28.1. The Labute approximate surface area is 195 Å². The average Bonchev–Trinajstić information content (AvgIpc) is 2.76. The lowest BCUT2D eigenvalue weighted by molar-refractivity contribution is 0.0546. The number of likely N-dealkylation sites (tertiary alicyclic amines) is 1. The van der Waals surface area contributed by atoms with Crippen molar-refractivity contribution in [2.24, 2.45) is 9.98 Å². The van der Waals surface area contributed by atoms with Gasteiger partial charge in [-0.25, -0.2) is 4.99 Å². The molecule has 0 spiro atoms. The number of aromatic nitrogens is 1. The van der Waals surface area contributed by atoms with E-state index < -0.39 is 0 Å². The summed E-state index contributed by atoms with van der Waals surface area (Å²) < 4.78 is 0. The molecule has 7 heteroatoms. The van der Waals surface area contributed by atoms with E-state index in [0.29, 0.717) is 48.1 Å². The van der Waals surface area contributed by atoms with Crippen LogP contribution in [0.4, 0.5) is 0 Å². The molecule has 3 rings (SSSR count). The summed E-state index contributed by atoms with van der Waals surface area (Å²) in [5, 5.41) is 10.1. The molecule has 1 amide bonds. The van der Waals surface area contributed by atoms with Gasteiger partial charge >= 0.3 is 0 Å². The standard InChI is InChI=1S/C25H31ClN4O2/c1-16(29-23(27-5)17-8-11-28-22(15-17)25(2,3)4)20-7-6-18(14-21(20)26)24(32)30-12-9-19(31)10-13-30/h6-8,11,14-15,19,31H,9-10,12-13H2,1-5H3. The van der Waals surface area contributed by atoms with Crippen molar-refractivity contribution in [1.82, 2.24) is 9.88 Å². The number of nitrogens with zero attached hydrogens (tertiary/aromatic N) is 4. The SMILES string of the molecule is CN=C(N=C(C)c1ccc(C(=O)N2CCC(O)CC2)cc1Cl)c1ccnc(C(C)(C)C)c1. The van der Waals surface area contributed by atoms with Crippen LogP contribution in [0, 0.1) is 0 Å². The van der Waals surface area contributed by atoms with Gasteiger partial charge in [-0.2, -0.15) is 0 Å². The molecule has 0 atom stereocenters. The van der Waals surface area contributed by atoms with Crippen LogP contribution >= 0.6 is 11.6 Å². The van der Waals surface area contributed by atoms with Crippen LogP contribution in [0.5, 0.6) is 0 Å². The van der Waals surface area contributed by atoms with Crippen LogP contribution in [0.1, 0.15) is 67.7 Å². The third-order valence-electron chi connectivity index (χ3n) is 5.63. The van der Waals surface area contributed by atoms with Crippen molar-refractivity contribution in [3.63, 3.8) is 0 Å². The molecule has 0 bridgehead atoms. The third-order valence-corrected chi connectivity index (χ3v) is 5.94. The smallest absolute Gasteiger partial charge is 0.253 e. The highest BCUT2D eigenvalue weighted by Gasteiger charge is 2.23. The van der Waals surface area contributed by atoms with Gasteiger partial charge in [0.1, 0.15) is 0 Å². The summed E-state index contributed by atoms with van der Waals surface area (Å²) in [6.07, 6.45) is 2.67. The number of carbonyl (C=O) groups is 1. The number of amidine groups is 1. The molecule has 0 radical (unpaired) electrons. The predicted octanol–water partition coefficient (Wildman–Crippen LogP) is 4.52. The van der Waals surface area contributed by atoms with Crippen LogP contribution in [-0.2, 0) is 5.41 Å². The Morgan fingerprint density at radius 2 is 1.84 bits per heavy atom. The molecule has 6 nitrogen and oxygen atoms in total. The average molecular weight is 455 g/mol. The summed E-state index contributed by atoms with van der Waals surface area (Å²) in [6.45, 7) is 9.34. The second kappa shape index (κ2) is 9.92. The Hall–Kier alpha value is -2.57. The number of carbonyl (C=O) groups excluding carboxylic acids is 1. The van der Waals surface area contributed by atoms with E-state index in [2.05, 4.69) is 30.7 Å². The van der Waals surface area contributed by atoms with Gasteiger partial charge in [0, 0.05) is 59.8 Å². The number of hydrogen-bond acceptors (Lipinski definition) is 4. The van der Waals surface area contributed by atoms with Crippen LogP contribution < -0.4 is 0 Å². The topological polar surface area (TPSA) is 78.2 Å². The predicted molar refractivity (Wildman–Crippen MR) is 130 cm³/mol. The maximum atomic E-state index is 12.8. The van der Waals surface area contributed by atoms with Gasteiger partial charge in [0.2, 0.25) is 0 Å². The molecule has 1 N–H and O–H groups in total. The second-order valence-electron chi connectivity index (χ2n) is 9.14. The molecule has 1 saturated heterocycles. The molecule has 0 unspecified atom stereocenters. The number of rotatable bonds is 3. The molecule has 32 heavy (non-hydrogen) atoms.